The lowest BCUT2D eigenvalue weighted by atomic mass is 9.76. The Balaban J connectivity index is 2.86. The Morgan fingerprint density at radius 2 is 2.38 bits per heavy atom. The Morgan fingerprint density at radius 3 is 2.75 bits per heavy atom. The third-order valence-corrected chi connectivity index (χ3v) is 1.33. The van der Waals surface area contributed by atoms with Gasteiger partial charge in [0.15, 0.2) is 7.28 Å². The van der Waals surface area contributed by atoms with Gasteiger partial charge in [-0.25, -0.2) is 0 Å². The zero-order valence-corrected chi connectivity index (χ0v) is 6.84. The summed E-state index contributed by atoms with van der Waals surface area (Å²) >= 11 is 0. The Bertz CT molecular complexity index is 51.7. The second kappa shape index (κ2) is 5.59. The van der Waals surface area contributed by atoms with Crippen molar-refractivity contribution in [2.24, 2.45) is 0 Å². The van der Waals surface area contributed by atoms with E-state index in [1.54, 1.807) is 0 Å². The van der Waals surface area contributed by atoms with Crippen molar-refractivity contribution in [3.63, 3.8) is 0 Å². The van der Waals surface area contributed by atoms with Gasteiger partial charge in [-0.05, 0) is 13.1 Å². The largest absolute Gasteiger partial charge is 0.387 e. The van der Waals surface area contributed by atoms with Gasteiger partial charge in [-0.2, -0.15) is 0 Å². The van der Waals surface area contributed by atoms with Gasteiger partial charge in [0.1, 0.15) is 0 Å². The van der Waals surface area contributed by atoms with Crippen molar-refractivity contribution in [3.8, 4) is 0 Å². The molecule has 0 bridgehead atoms. The molecule has 3 heteroatoms. The minimum atomic E-state index is 0.440. The van der Waals surface area contributed by atoms with Crippen LogP contribution < -0.4 is 0 Å². The van der Waals surface area contributed by atoms with Crippen molar-refractivity contribution >= 4 is 16.5 Å². The fraction of sp³-hybridized carbons (Fsp3) is 1.00. The van der Waals surface area contributed by atoms with Crippen LogP contribution in [0.25, 0.3) is 0 Å². The Morgan fingerprint density at radius 1 is 1.75 bits per heavy atom. The summed E-state index contributed by atoms with van der Waals surface area (Å²) in [7, 11) is 3.76. The van der Waals surface area contributed by atoms with Gasteiger partial charge in [-0.15, -0.1) is 9.24 Å². The van der Waals surface area contributed by atoms with Crippen LogP contribution in [-0.2, 0) is 4.74 Å². The fourth-order valence-electron chi connectivity index (χ4n) is 0.387. The molecule has 0 saturated heterocycles. The highest BCUT2D eigenvalue weighted by atomic mass is 31.0. The molecule has 0 fully saturated rings. The van der Waals surface area contributed by atoms with E-state index < -0.39 is 0 Å². The second-order valence-corrected chi connectivity index (χ2v) is 2.46. The summed E-state index contributed by atoms with van der Waals surface area (Å²) in [6, 6.07) is 0.440. The average Bonchev–Trinajstić information content (AvgIpc) is 1.83. The molecule has 1 unspecified atom stereocenters. The zero-order valence-electron chi connectivity index (χ0n) is 5.68. The molecule has 0 amide bonds. The van der Waals surface area contributed by atoms with E-state index in [0.29, 0.717) is 6.00 Å². The smallest absolute Gasteiger partial charge is 0.154 e. The highest BCUT2D eigenvalue weighted by molar-refractivity contribution is 7.16. The molecule has 0 aliphatic carbocycles. The average molecular weight is 132 g/mol. The van der Waals surface area contributed by atoms with Crippen molar-refractivity contribution in [2.45, 2.75) is 19.8 Å². The van der Waals surface area contributed by atoms with Crippen LogP contribution in [-0.4, -0.2) is 26.1 Å². The summed E-state index contributed by atoms with van der Waals surface area (Å²) in [5, 5.41) is 0. The lowest BCUT2D eigenvalue weighted by Gasteiger charge is -2.06. The molecule has 0 aliphatic heterocycles. The van der Waals surface area contributed by atoms with Crippen molar-refractivity contribution < 1.29 is 4.74 Å². The van der Waals surface area contributed by atoms with E-state index in [4.69, 9.17) is 4.74 Å². The van der Waals surface area contributed by atoms with Crippen LogP contribution in [0.15, 0.2) is 0 Å². The third kappa shape index (κ3) is 4.61. The first-order valence-electron chi connectivity index (χ1n) is 3.13. The minimum absolute atomic E-state index is 0.440. The van der Waals surface area contributed by atoms with E-state index in [1.165, 1.54) is 0 Å². The van der Waals surface area contributed by atoms with Crippen LogP contribution in [0, 0.1) is 0 Å². The highest BCUT2D eigenvalue weighted by Gasteiger charge is 1.95. The molecule has 0 aromatic heterocycles. The molecule has 8 heavy (non-hydrogen) atoms. The predicted octanol–water partition coefficient (Wildman–Crippen LogP) is 0.709. The zero-order chi connectivity index (χ0) is 6.41. The van der Waals surface area contributed by atoms with E-state index in [1.807, 2.05) is 0 Å². The first-order valence-corrected chi connectivity index (χ1v) is 3.94. The maximum atomic E-state index is 5.32. The topological polar surface area (TPSA) is 9.23 Å². The fourth-order valence-corrected chi connectivity index (χ4v) is 0.523. The third-order valence-electron chi connectivity index (χ3n) is 1.10. The minimum Gasteiger partial charge on any atom is -0.387 e. The SMILES string of the molecule is CB[C@@H](C)OCCP. The van der Waals surface area contributed by atoms with Crippen LogP contribution in [0.4, 0.5) is 0 Å². The molecule has 0 aromatic rings. The van der Waals surface area contributed by atoms with E-state index in [0.717, 1.165) is 20.0 Å². The molecular formula is C5H14BOP. The predicted molar refractivity (Wildman–Crippen MR) is 43.0 cm³/mol. The summed E-state index contributed by atoms with van der Waals surface area (Å²) < 4.78 is 5.32. The first kappa shape index (κ1) is 8.45. The summed E-state index contributed by atoms with van der Waals surface area (Å²) in [4.78, 5) is 0. The molecule has 0 heterocycles. The van der Waals surface area contributed by atoms with Gasteiger partial charge in [0, 0.05) is 12.6 Å². The van der Waals surface area contributed by atoms with Crippen molar-refractivity contribution in [3.05, 3.63) is 0 Å². The highest BCUT2D eigenvalue weighted by Crippen LogP contribution is 1.89. The molecule has 0 N–H and O–H groups in total. The van der Waals surface area contributed by atoms with Crippen LogP contribution in [0.2, 0.25) is 6.82 Å². The summed E-state index contributed by atoms with van der Waals surface area (Å²) in [5.74, 6) is 0. The lowest BCUT2D eigenvalue weighted by Crippen LogP contribution is -2.14. The van der Waals surface area contributed by atoms with Crippen molar-refractivity contribution in [1.29, 1.82) is 0 Å². The van der Waals surface area contributed by atoms with Gasteiger partial charge in [0.25, 0.3) is 0 Å². The number of rotatable bonds is 4. The van der Waals surface area contributed by atoms with Crippen molar-refractivity contribution in [2.75, 3.05) is 12.8 Å². The van der Waals surface area contributed by atoms with Gasteiger partial charge >= 0.3 is 0 Å². The quantitative estimate of drug-likeness (QED) is 0.404. The summed E-state index contributed by atoms with van der Waals surface area (Å²) in [6.07, 6.45) is 1.05. The standard InChI is InChI=1S/C5H14BOP/c1-5(6-2)7-3-4-8/h5-6H,3-4,8H2,1-2H3/t5-/m1/s1. The Hall–Kier alpha value is 0.455. The number of hydrogen-bond donors (Lipinski definition) is 0. The lowest BCUT2D eigenvalue weighted by molar-refractivity contribution is 0.132. The second-order valence-electron chi connectivity index (χ2n) is 1.88. The van der Waals surface area contributed by atoms with Crippen LogP contribution in [0.1, 0.15) is 6.92 Å². The molecule has 0 aliphatic rings. The van der Waals surface area contributed by atoms with E-state index in [-0.39, 0.29) is 0 Å². The summed E-state index contributed by atoms with van der Waals surface area (Å²) in [5.41, 5.74) is 0. The van der Waals surface area contributed by atoms with Crippen LogP contribution in [0.5, 0.6) is 0 Å². The van der Waals surface area contributed by atoms with E-state index >= 15 is 0 Å². The Labute approximate surface area is 54.6 Å². The maximum Gasteiger partial charge on any atom is 0.154 e. The van der Waals surface area contributed by atoms with Gasteiger partial charge < -0.3 is 4.74 Å². The van der Waals surface area contributed by atoms with Gasteiger partial charge in [-0.3, -0.25) is 0 Å². The monoisotopic (exact) mass is 132 g/mol. The number of ether oxygens (including phenoxy) is 1. The van der Waals surface area contributed by atoms with E-state index in [2.05, 4.69) is 23.0 Å². The van der Waals surface area contributed by atoms with Crippen LogP contribution in [0.3, 0.4) is 0 Å². The molecule has 1 nitrogen and oxygen atoms in total. The van der Waals surface area contributed by atoms with E-state index in [9.17, 15) is 0 Å². The number of hydrogen-bond acceptors (Lipinski definition) is 1. The molecule has 0 rings (SSSR count). The molecular weight excluding hydrogens is 118 g/mol. The first-order chi connectivity index (χ1) is 3.81. The molecule has 0 spiro atoms. The molecule has 0 radical (unpaired) electrons. The molecule has 2 atom stereocenters. The van der Waals surface area contributed by atoms with Crippen LogP contribution >= 0.6 is 9.24 Å². The van der Waals surface area contributed by atoms with Gasteiger partial charge in [-0.1, -0.05) is 6.82 Å². The summed E-state index contributed by atoms with van der Waals surface area (Å²) in [6.45, 7) is 5.10. The molecule has 48 valence electrons. The van der Waals surface area contributed by atoms with Gasteiger partial charge in [0.05, 0.1) is 0 Å². The normalized spacial score (nSPS) is 13.4. The van der Waals surface area contributed by atoms with Crippen molar-refractivity contribution in [1.82, 2.24) is 0 Å². The molecule has 0 saturated carbocycles. The Kier molecular flexibility index (Phi) is 5.91. The van der Waals surface area contributed by atoms with Gasteiger partial charge in [0.2, 0.25) is 0 Å². The molecule has 0 aromatic carbocycles. The maximum absolute atomic E-state index is 5.32.